The number of rotatable bonds is 3. The van der Waals surface area contributed by atoms with Crippen molar-refractivity contribution in [3.8, 4) is 0 Å². The van der Waals surface area contributed by atoms with Crippen LogP contribution >= 0.6 is 0 Å². The fourth-order valence-corrected chi connectivity index (χ4v) is 6.08. The van der Waals surface area contributed by atoms with Crippen LogP contribution in [0.5, 0.6) is 0 Å². The summed E-state index contributed by atoms with van der Waals surface area (Å²) in [7, 11) is 0. The molecule has 5 rings (SSSR count). The fourth-order valence-electron chi connectivity index (χ4n) is 6.08. The maximum absolute atomic E-state index is 5.98. The van der Waals surface area contributed by atoms with Gasteiger partial charge >= 0.3 is 0 Å². The molecule has 5 heteroatoms. The van der Waals surface area contributed by atoms with Crippen molar-refractivity contribution in [3.05, 3.63) is 17.8 Å². The van der Waals surface area contributed by atoms with Gasteiger partial charge in [0.15, 0.2) is 0 Å². The van der Waals surface area contributed by atoms with Gasteiger partial charge in [0.05, 0.1) is 11.4 Å². The molecule has 2 saturated carbocycles. The van der Waals surface area contributed by atoms with Crippen molar-refractivity contribution in [1.82, 2.24) is 4.98 Å². The third-order valence-electron chi connectivity index (χ3n) is 7.88. The van der Waals surface area contributed by atoms with Crippen LogP contribution < -0.4 is 16.0 Å². The first-order valence-electron chi connectivity index (χ1n) is 10.9. The molecule has 27 heavy (non-hydrogen) atoms. The van der Waals surface area contributed by atoms with E-state index in [0.717, 1.165) is 37.8 Å². The monoisotopic (exact) mass is 370 g/mol. The molecular formula is C22H34N4O. The average molecular weight is 371 g/mol. The summed E-state index contributed by atoms with van der Waals surface area (Å²) in [5.41, 5.74) is 9.43. The lowest BCUT2D eigenvalue weighted by molar-refractivity contribution is 0.00111. The maximum Gasteiger partial charge on any atom is 0.128 e. The van der Waals surface area contributed by atoms with Gasteiger partial charge in [-0.15, -0.1) is 0 Å². The van der Waals surface area contributed by atoms with Gasteiger partial charge in [0.1, 0.15) is 5.82 Å². The molecule has 0 aromatic carbocycles. The Kier molecular flexibility index (Phi) is 4.36. The SMILES string of the molecule is Cc1nc(N2CCC3(CCOCC3)CC2)ccc1NC1CC2(CC(N)C2)C1. The Morgan fingerprint density at radius 3 is 2.37 bits per heavy atom. The molecule has 3 heterocycles. The van der Waals surface area contributed by atoms with Crippen LogP contribution in [0.25, 0.3) is 0 Å². The van der Waals surface area contributed by atoms with E-state index in [4.69, 9.17) is 15.5 Å². The molecule has 2 aliphatic heterocycles. The molecule has 4 aliphatic rings. The van der Waals surface area contributed by atoms with Crippen molar-refractivity contribution in [3.63, 3.8) is 0 Å². The van der Waals surface area contributed by atoms with Gasteiger partial charge in [-0.2, -0.15) is 0 Å². The van der Waals surface area contributed by atoms with Crippen LogP contribution in [0.3, 0.4) is 0 Å². The minimum atomic E-state index is 0.457. The molecule has 148 valence electrons. The summed E-state index contributed by atoms with van der Waals surface area (Å²) in [6.45, 7) is 6.30. The molecule has 3 N–H and O–H groups in total. The first-order chi connectivity index (χ1) is 13.0. The average Bonchev–Trinajstić information content (AvgIpc) is 2.61. The molecule has 1 aromatic heterocycles. The van der Waals surface area contributed by atoms with E-state index < -0.39 is 0 Å². The molecule has 5 nitrogen and oxygen atoms in total. The van der Waals surface area contributed by atoms with Crippen LogP contribution in [-0.4, -0.2) is 43.4 Å². The lowest BCUT2D eigenvalue weighted by Crippen LogP contribution is -2.57. The number of hydrogen-bond donors (Lipinski definition) is 2. The number of ether oxygens (including phenoxy) is 1. The van der Waals surface area contributed by atoms with Crippen LogP contribution in [0, 0.1) is 17.8 Å². The molecule has 0 amide bonds. The molecular weight excluding hydrogens is 336 g/mol. The zero-order valence-electron chi connectivity index (χ0n) is 16.7. The van der Waals surface area contributed by atoms with E-state index in [-0.39, 0.29) is 0 Å². The fraction of sp³-hybridized carbons (Fsp3) is 0.773. The van der Waals surface area contributed by atoms with E-state index >= 15 is 0 Å². The number of pyridine rings is 1. The van der Waals surface area contributed by atoms with Gasteiger partial charge in [0.25, 0.3) is 0 Å². The van der Waals surface area contributed by atoms with Crippen LogP contribution in [0.1, 0.15) is 57.1 Å². The number of nitrogens with two attached hydrogens (primary N) is 1. The van der Waals surface area contributed by atoms with Gasteiger partial charge in [-0.05, 0) is 81.3 Å². The summed E-state index contributed by atoms with van der Waals surface area (Å²) >= 11 is 0. The maximum atomic E-state index is 5.98. The first-order valence-corrected chi connectivity index (χ1v) is 10.9. The third kappa shape index (κ3) is 3.33. The Balaban J connectivity index is 1.17. The summed E-state index contributed by atoms with van der Waals surface area (Å²) in [6.07, 6.45) is 10.0. The highest BCUT2D eigenvalue weighted by atomic mass is 16.5. The molecule has 1 aromatic rings. The van der Waals surface area contributed by atoms with Gasteiger partial charge in [-0.1, -0.05) is 0 Å². The summed E-state index contributed by atoms with van der Waals surface area (Å²) in [5.74, 6) is 1.15. The van der Waals surface area contributed by atoms with Crippen LogP contribution in [-0.2, 0) is 4.74 Å². The summed E-state index contributed by atoms with van der Waals surface area (Å²) in [6, 6.07) is 5.52. The van der Waals surface area contributed by atoms with E-state index in [1.165, 1.54) is 57.1 Å². The number of hydrogen-bond acceptors (Lipinski definition) is 5. The molecule has 2 spiro atoms. The summed E-state index contributed by atoms with van der Waals surface area (Å²) in [4.78, 5) is 7.42. The van der Waals surface area contributed by atoms with E-state index in [9.17, 15) is 0 Å². The number of nitrogens with zero attached hydrogens (tertiary/aromatic N) is 2. The first kappa shape index (κ1) is 17.7. The second kappa shape index (κ2) is 6.63. The lowest BCUT2D eigenvalue weighted by atomic mass is 9.52. The van der Waals surface area contributed by atoms with Crippen LogP contribution in [0.15, 0.2) is 12.1 Å². The second-order valence-corrected chi connectivity index (χ2v) is 9.82. The Hall–Kier alpha value is -1.33. The van der Waals surface area contributed by atoms with Crippen molar-refractivity contribution < 1.29 is 4.74 Å². The highest BCUT2D eigenvalue weighted by Gasteiger charge is 2.51. The predicted octanol–water partition coefficient (Wildman–Crippen LogP) is 3.47. The second-order valence-electron chi connectivity index (χ2n) is 9.82. The van der Waals surface area contributed by atoms with E-state index in [1.54, 1.807) is 0 Å². The molecule has 0 unspecified atom stereocenters. The summed E-state index contributed by atoms with van der Waals surface area (Å²) < 4.78 is 5.57. The van der Waals surface area contributed by atoms with Crippen molar-refractivity contribution in [2.24, 2.45) is 16.6 Å². The van der Waals surface area contributed by atoms with E-state index in [2.05, 4.69) is 29.3 Å². The Labute approximate surface area is 163 Å². The van der Waals surface area contributed by atoms with Crippen molar-refractivity contribution in [1.29, 1.82) is 0 Å². The number of aryl methyl sites for hydroxylation is 1. The standard InChI is InChI=1S/C22H34N4O/c1-16-19(25-18-14-22(15-18)12-17(23)13-22)2-3-20(24-16)26-8-4-21(5-9-26)6-10-27-11-7-21/h2-3,17-18,25H,4-15,23H2,1H3. The number of piperidine rings is 1. The van der Waals surface area contributed by atoms with Crippen molar-refractivity contribution >= 4 is 11.5 Å². The van der Waals surface area contributed by atoms with Gasteiger partial charge in [0, 0.05) is 38.4 Å². The number of nitrogens with one attached hydrogen (secondary N) is 1. The number of anilines is 2. The van der Waals surface area contributed by atoms with Gasteiger partial charge in [-0.3, -0.25) is 0 Å². The topological polar surface area (TPSA) is 63.4 Å². The van der Waals surface area contributed by atoms with Gasteiger partial charge < -0.3 is 20.7 Å². The van der Waals surface area contributed by atoms with Gasteiger partial charge in [0.2, 0.25) is 0 Å². The van der Waals surface area contributed by atoms with Crippen LogP contribution in [0.4, 0.5) is 11.5 Å². The van der Waals surface area contributed by atoms with Gasteiger partial charge in [-0.25, -0.2) is 4.98 Å². The lowest BCUT2D eigenvalue weighted by Gasteiger charge is -2.57. The quantitative estimate of drug-likeness (QED) is 0.853. The Bertz CT molecular complexity index is 676. The normalized spacial score (nSPS) is 35.0. The highest BCUT2D eigenvalue weighted by molar-refractivity contribution is 5.54. The molecule has 2 aliphatic carbocycles. The van der Waals surface area contributed by atoms with E-state index in [0.29, 0.717) is 22.9 Å². The van der Waals surface area contributed by atoms with Crippen LogP contribution in [0.2, 0.25) is 0 Å². The minimum absolute atomic E-state index is 0.457. The molecule has 0 radical (unpaired) electrons. The zero-order chi connectivity index (χ0) is 18.5. The molecule has 0 atom stereocenters. The Morgan fingerprint density at radius 1 is 1.04 bits per heavy atom. The van der Waals surface area contributed by atoms with Crippen molar-refractivity contribution in [2.45, 2.75) is 70.4 Å². The highest BCUT2D eigenvalue weighted by Crippen LogP contribution is 2.56. The molecule has 2 saturated heterocycles. The summed E-state index contributed by atoms with van der Waals surface area (Å²) in [5, 5.41) is 3.73. The zero-order valence-corrected chi connectivity index (χ0v) is 16.7. The largest absolute Gasteiger partial charge is 0.381 e. The van der Waals surface area contributed by atoms with E-state index in [1.807, 2.05) is 0 Å². The minimum Gasteiger partial charge on any atom is -0.381 e. The molecule has 0 bridgehead atoms. The molecule has 4 fully saturated rings. The number of aromatic nitrogens is 1. The smallest absolute Gasteiger partial charge is 0.128 e. The predicted molar refractivity (Wildman–Crippen MR) is 109 cm³/mol. The third-order valence-corrected chi connectivity index (χ3v) is 7.88. The Morgan fingerprint density at radius 2 is 1.74 bits per heavy atom. The van der Waals surface area contributed by atoms with Crippen molar-refractivity contribution in [2.75, 3.05) is 36.5 Å².